The standard InChI is InChI=1S/C33H31FN2O5S/c1-5-39-32(38)29-21(4)35-33-36(30(29)25-11-7-9-13-27(25)41-20(2)3)31(37)28(42-33)18-22-14-16-24(17-15-22)40-19-23-10-6-8-12-26(23)34/h6-18,20,30H,5,19H2,1-4H3/b28-18+/t30-/m0/s1. The smallest absolute Gasteiger partial charge is 0.338 e. The molecule has 0 saturated heterocycles. The van der Waals surface area contributed by atoms with Crippen molar-refractivity contribution in [2.75, 3.05) is 6.61 Å². The first-order valence-electron chi connectivity index (χ1n) is 13.7. The van der Waals surface area contributed by atoms with Gasteiger partial charge in [0.2, 0.25) is 0 Å². The van der Waals surface area contributed by atoms with Crippen LogP contribution in [0.1, 0.15) is 50.4 Å². The lowest BCUT2D eigenvalue weighted by atomic mass is 9.95. The molecule has 0 saturated carbocycles. The van der Waals surface area contributed by atoms with Crippen LogP contribution in [-0.2, 0) is 16.1 Å². The average molecular weight is 587 g/mol. The van der Waals surface area contributed by atoms with Crippen molar-refractivity contribution in [1.82, 2.24) is 4.57 Å². The largest absolute Gasteiger partial charge is 0.491 e. The molecular formula is C33H31FN2O5S. The number of aromatic nitrogens is 1. The van der Waals surface area contributed by atoms with Crippen molar-refractivity contribution in [1.29, 1.82) is 0 Å². The van der Waals surface area contributed by atoms with Gasteiger partial charge in [-0.25, -0.2) is 14.2 Å². The maximum atomic E-state index is 13.9. The van der Waals surface area contributed by atoms with Gasteiger partial charge in [-0.1, -0.05) is 59.9 Å². The number of nitrogens with zero attached hydrogens (tertiary/aromatic N) is 2. The highest BCUT2D eigenvalue weighted by Crippen LogP contribution is 2.36. The Bertz CT molecular complexity index is 1820. The lowest BCUT2D eigenvalue weighted by molar-refractivity contribution is -0.139. The number of halogens is 1. The Labute approximate surface area is 246 Å². The van der Waals surface area contributed by atoms with E-state index in [1.54, 1.807) is 54.8 Å². The van der Waals surface area contributed by atoms with Gasteiger partial charge in [0.25, 0.3) is 5.56 Å². The van der Waals surface area contributed by atoms with Crippen LogP contribution in [-0.4, -0.2) is 23.2 Å². The first-order valence-corrected chi connectivity index (χ1v) is 14.5. The van der Waals surface area contributed by atoms with Crippen LogP contribution in [0.3, 0.4) is 0 Å². The third-order valence-corrected chi connectivity index (χ3v) is 7.61. The number of carbonyl (C=O) groups is 1. The number of thiazole rings is 1. The Morgan fingerprint density at radius 2 is 1.79 bits per heavy atom. The number of carbonyl (C=O) groups excluding carboxylic acids is 1. The molecule has 9 heteroatoms. The van der Waals surface area contributed by atoms with Gasteiger partial charge in [-0.3, -0.25) is 9.36 Å². The minimum Gasteiger partial charge on any atom is -0.491 e. The molecule has 0 N–H and O–H groups in total. The summed E-state index contributed by atoms with van der Waals surface area (Å²) in [5.74, 6) is 0.314. The summed E-state index contributed by atoms with van der Waals surface area (Å²) < 4.78 is 33.2. The Balaban J connectivity index is 1.54. The minimum absolute atomic E-state index is 0.106. The van der Waals surface area contributed by atoms with E-state index in [0.717, 1.165) is 5.56 Å². The van der Waals surface area contributed by atoms with Crippen LogP contribution < -0.4 is 24.4 Å². The third-order valence-electron chi connectivity index (χ3n) is 6.62. The van der Waals surface area contributed by atoms with Crippen molar-refractivity contribution in [3.8, 4) is 11.5 Å². The fraction of sp³-hybridized carbons (Fsp3) is 0.242. The molecule has 5 rings (SSSR count). The van der Waals surface area contributed by atoms with E-state index >= 15 is 0 Å². The van der Waals surface area contributed by atoms with Gasteiger partial charge in [0, 0.05) is 11.1 Å². The van der Waals surface area contributed by atoms with Gasteiger partial charge in [-0.15, -0.1) is 0 Å². The zero-order valence-electron chi connectivity index (χ0n) is 23.8. The molecule has 2 heterocycles. The van der Waals surface area contributed by atoms with E-state index in [0.29, 0.717) is 43.2 Å². The van der Waals surface area contributed by atoms with Crippen molar-refractivity contribution in [2.45, 2.75) is 46.4 Å². The first-order chi connectivity index (χ1) is 20.3. The van der Waals surface area contributed by atoms with Gasteiger partial charge >= 0.3 is 5.97 Å². The van der Waals surface area contributed by atoms with Crippen molar-refractivity contribution >= 4 is 23.4 Å². The third kappa shape index (κ3) is 6.06. The number of esters is 1. The first kappa shape index (κ1) is 29.0. The van der Waals surface area contributed by atoms with E-state index in [-0.39, 0.29) is 30.7 Å². The molecular weight excluding hydrogens is 555 g/mol. The van der Waals surface area contributed by atoms with Crippen LogP contribution in [0.5, 0.6) is 11.5 Å². The van der Waals surface area contributed by atoms with Crippen molar-refractivity contribution in [3.63, 3.8) is 0 Å². The molecule has 0 radical (unpaired) electrons. The summed E-state index contributed by atoms with van der Waals surface area (Å²) in [4.78, 5) is 32.3. The lowest BCUT2D eigenvalue weighted by Gasteiger charge is -2.26. The second-order valence-corrected chi connectivity index (χ2v) is 11.0. The maximum Gasteiger partial charge on any atom is 0.338 e. The highest BCUT2D eigenvalue weighted by Gasteiger charge is 2.35. The van der Waals surface area contributed by atoms with Crippen LogP contribution >= 0.6 is 11.3 Å². The fourth-order valence-corrected chi connectivity index (χ4v) is 5.79. The summed E-state index contributed by atoms with van der Waals surface area (Å²) >= 11 is 1.25. The van der Waals surface area contributed by atoms with Gasteiger partial charge in [0.05, 0.1) is 28.5 Å². The summed E-state index contributed by atoms with van der Waals surface area (Å²) in [6.45, 7) is 7.63. The number of hydrogen-bond acceptors (Lipinski definition) is 7. The molecule has 4 aromatic rings. The summed E-state index contributed by atoms with van der Waals surface area (Å²) in [7, 11) is 0. The van der Waals surface area contributed by atoms with Crippen LogP contribution in [0.4, 0.5) is 4.39 Å². The molecule has 0 unspecified atom stereocenters. The molecule has 0 aliphatic carbocycles. The summed E-state index contributed by atoms with van der Waals surface area (Å²) in [6.07, 6.45) is 1.67. The number of benzene rings is 3. The van der Waals surface area contributed by atoms with E-state index in [2.05, 4.69) is 4.99 Å². The van der Waals surface area contributed by atoms with Crippen LogP contribution in [0.15, 0.2) is 93.9 Å². The number of ether oxygens (including phenoxy) is 3. The molecule has 1 aliphatic rings. The lowest BCUT2D eigenvalue weighted by Crippen LogP contribution is -2.40. The highest BCUT2D eigenvalue weighted by molar-refractivity contribution is 7.07. The molecule has 1 aliphatic heterocycles. The van der Waals surface area contributed by atoms with Gasteiger partial charge < -0.3 is 14.2 Å². The van der Waals surface area contributed by atoms with Gasteiger partial charge in [-0.2, -0.15) is 0 Å². The molecule has 3 aromatic carbocycles. The quantitative estimate of drug-likeness (QED) is 0.249. The van der Waals surface area contributed by atoms with Crippen LogP contribution in [0.2, 0.25) is 0 Å². The maximum absolute atomic E-state index is 13.9. The zero-order chi connectivity index (χ0) is 29.8. The monoisotopic (exact) mass is 586 g/mol. The van der Waals surface area contributed by atoms with Crippen LogP contribution in [0.25, 0.3) is 6.08 Å². The summed E-state index contributed by atoms with van der Waals surface area (Å²) in [5, 5.41) is 0. The number of fused-ring (bicyclic) bond motifs is 1. The van der Waals surface area contributed by atoms with E-state index in [4.69, 9.17) is 14.2 Å². The molecule has 1 atom stereocenters. The summed E-state index contributed by atoms with van der Waals surface area (Å²) in [5.41, 5.74) is 2.42. The number of hydrogen-bond donors (Lipinski definition) is 0. The van der Waals surface area contributed by atoms with Gasteiger partial charge in [-0.05, 0) is 63.6 Å². The molecule has 0 spiro atoms. The fourth-order valence-electron chi connectivity index (χ4n) is 4.74. The van der Waals surface area contributed by atoms with E-state index in [1.807, 2.05) is 50.2 Å². The number of allylic oxidation sites excluding steroid dienone is 1. The van der Waals surface area contributed by atoms with Gasteiger partial charge in [0.15, 0.2) is 4.80 Å². The van der Waals surface area contributed by atoms with Crippen molar-refractivity contribution < 1.29 is 23.4 Å². The topological polar surface area (TPSA) is 79.1 Å². The molecule has 0 amide bonds. The zero-order valence-corrected chi connectivity index (χ0v) is 24.6. The molecule has 216 valence electrons. The second-order valence-electron chi connectivity index (χ2n) is 9.96. The minimum atomic E-state index is -0.772. The van der Waals surface area contributed by atoms with E-state index in [1.165, 1.54) is 17.4 Å². The molecule has 42 heavy (non-hydrogen) atoms. The van der Waals surface area contributed by atoms with Crippen molar-refractivity contribution in [2.24, 2.45) is 4.99 Å². The van der Waals surface area contributed by atoms with E-state index < -0.39 is 12.0 Å². The molecule has 1 aromatic heterocycles. The molecule has 0 bridgehead atoms. The Morgan fingerprint density at radius 3 is 2.50 bits per heavy atom. The summed E-state index contributed by atoms with van der Waals surface area (Å²) in [6, 6.07) is 20.3. The average Bonchev–Trinajstić information content (AvgIpc) is 3.26. The second kappa shape index (κ2) is 12.6. The van der Waals surface area contributed by atoms with Gasteiger partial charge in [0.1, 0.15) is 30.0 Å². The Kier molecular flexibility index (Phi) is 8.68. The number of rotatable bonds is 9. The Morgan fingerprint density at radius 1 is 1.07 bits per heavy atom. The normalized spacial score (nSPS) is 14.9. The predicted molar refractivity (Wildman–Crippen MR) is 160 cm³/mol. The SMILES string of the molecule is CCOC(=O)C1=C(C)N=c2s/c(=C/c3ccc(OCc4ccccc4F)cc3)c(=O)n2[C@H]1c1ccccc1OC(C)C. The Hall–Kier alpha value is -4.50. The highest BCUT2D eigenvalue weighted by atomic mass is 32.1. The predicted octanol–water partition coefficient (Wildman–Crippen LogP) is 5.30. The molecule has 0 fully saturated rings. The number of para-hydroxylation sites is 1. The van der Waals surface area contributed by atoms with Crippen LogP contribution in [0, 0.1) is 5.82 Å². The van der Waals surface area contributed by atoms with E-state index in [9.17, 15) is 14.0 Å². The molecule has 7 nitrogen and oxygen atoms in total. The van der Waals surface area contributed by atoms with Crippen molar-refractivity contribution in [3.05, 3.63) is 126 Å².